The maximum atomic E-state index is 13.3. The molecule has 5 rings (SSSR count). The van der Waals surface area contributed by atoms with E-state index in [9.17, 15) is 9.59 Å². The van der Waals surface area contributed by atoms with Crippen LogP contribution in [0.2, 0.25) is 0 Å². The summed E-state index contributed by atoms with van der Waals surface area (Å²) in [6.45, 7) is 6.66. The van der Waals surface area contributed by atoms with Gasteiger partial charge in [-0.05, 0) is 30.7 Å². The number of amides is 2. The minimum absolute atomic E-state index is 0.0207. The van der Waals surface area contributed by atoms with Gasteiger partial charge in [0.05, 0.1) is 23.7 Å². The third kappa shape index (κ3) is 4.48. The van der Waals surface area contributed by atoms with Crippen LogP contribution in [0.1, 0.15) is 18.9 Å². The quantitative estimate of drug-likeness (QED) is 0.567. The summed E-state index contributed by atoms with van der Waals surface area (Å²) < 4.78 is 5.70. The monoisotopic (exact) mass is 458 g/mol. The number of carbonyl (C=O) groups is 2. The molecule has 1 atom stereocenters. The molecular weight excluding hydrogens is 428 g/mol. The smallest absolute Gasteiger partial charge is 0.228 e. The summed E-state index contributed by atoms with van der Waals surface area (Å²) in [5.41, 5.74) is 3.00. The van der Waals surface area contributed by atoms with Gasteiger partial charge in [0.1, 0.15) is 5.75 Å². The first-order valence-corrected chi connectivity index (χ1v) is 12.0. The van der Waals surface area contributed by atoms with Gasteiger partial charge in [-0.2, -0.15) is 0 Å². The Morgan fingerprint density at radius 3 is 2.65 bits per heavy atom. The first-order valence-electron chi connectivity index (χ1n) is 12.0. The van der Waals surface area contributed by atoms with Crippen molar-refractivity contribution in [1.82, 2.24) is 14.8 Å². The standard InChI is InChI=1S/C27H30N4O3/c1-2-34-24-11-4-3-10-23(24)31-19-22(17-25(31)32)27(33)30-15-13-29(14-16-30)18-21-8-5-7-20-9-6-12-28-26(20)21/h3-12,22H,2,13-19H2,1H3. The van der Waals surface area contributed by atoms with Gasteiger partial charge in [-0.3, -0.25) is 19.5 Å². The van der Waals surface area contributed by atoms with Crippen molar-refractivity contribution in [2.45, 2.75) is 19.9 Å². The van der Waals surface area contributed by atoms with Crippen LogP contribution in [0.15, 0.2) is 60.8 Å². The largest absolute Gasteiger partial charge is 0.492 e. The molecule has 2 amide bonds. The lowest BCUT2D eigenvalue weighted by atomic mass is 10.1. The van der Waals surface area contributed by atoms with Crippen molar-refractivity contribution in [3.63, 3.8) is 0 Å². The van der Waals surface area contributed by atoms with Crippen molar-refractivity contribution in [3.8, 4) is 5.75 Å². The summed E-state index contributed by atoms with van der Waals surface area (Å²) in [5.74, 6) is 0.433. The first kappa shape index (κ1) is 22.3. The predicted molar refractivity (Wildman–Crippen MR) is 132 cm³/mol. The molecule has 1 unspecified atom stereocenters. The van der Waals surface area contributed by atoms with E-state index in [4.69, 9.17) is 4.74 Å². The molecule has 2 aromatic carbocycles. The minimum Gasteiger partial charge on any atom is -0.492 e. The lowest BCUT2D eigenvalue weighted by Gasteiger charge is -2.36. The molecule has 7 nitrogen and oxygen atoms in total. The maximum Gasteiger partial charge on any atom is 0.228 e. The molecule has 176 valence electrons. The normalized spacial score (nSPS) is 19.1. The molecule has 2 aliphatic heterocycles. The molecule has 0 aliphatic carbocycles. The molecule has 0 bridgehead atoms. The van der Waals surface area contributed by atoms with Gasteiger partial charge < -0.3 is 14.5 Å². The van der Waals surface area contributed by atoms with E-state index in [0.29, 0.717) is 32.0 Å². The summed E-state index contributed by atoms with van der Waals surface area (Å²) in [7, 11) is 0. The summed E-state index contributed by atoms with van der Waals surface area (Å²) in [6.07, 6.45) is 2.09. The van der Waals surface area contributed by atoms with Crippen LogP contribution in [0.5, 0.6) is 5.75 Å². The van der Waals surface area contributed by atoms with Crippen LogP contribution in [0.3, 0.4) is 0 Å². The Hall–Kier alpha value is -3.45. The zero-order valence-corrected chi connectivity index (χ0v) is 19.5. The fraction of sp³-hybridized carbons (Fsp3) is 0.370. The zero-order chi connectivity index (χ0) is 23.5. The van der Waals surface area contributed by atoms with E-state index in [1.54, 1.807) is 4.90 Å². The Kier molecular flexibility index (Phi) is 6.45. The summed E-state index contributed by atoms with van der Waals surface area (Å²) >= 11 is 0. The fourth-order valence-electron chi connectivity index (χ4n) is 4.98. The van der Waals surface area contributed by atoms with E-state index < -0.39 is 0 Å². The van der Waals surface area contributed by atoms with Crippen LogP contribution in [0, 0.1) is 5.92 Å². The number of fused-ring (bicyclic) bond motifs is 1. The fourth-order valence-corrected chi connectivity index (χ4v) is 4.98. The Labute approximate surface area is 199 Å². The number of hydrogen-bond acceptors (Lipinski definition) is 5. The van der Waals surface area contributed by atoms with Gasteiger partial charge in [0.15, 0.2) is 0 Å². The summed E-state index contributed by atoms with van der Waals surface area (Å²) in [4.78, 5) is 36.6. The van der Waals surface area contributed by atoms with E-state index >= 15 is 0 Å². The van der Waals surface area contributed by atoms with Crippen LogP contribution in [0.4, 0.5) is 5.69 Å². The lowest BCUT2D eigenvalue weighted by Crippen LogP contribution is -2.50. The number of aromatic nitrogens is 1. The topological polar surface area (TPSA) is 66.0 Å². The lowest BCUT2D eigenvalue weighted by molar-refractivity contribution is -0.137. The van der Waals surface area contributed by atoms with E-state index in [1.165, 1.54) is 5.56 Å². The molecule has 3 heterocycles. The van der Waals surface area contributed by atoms with Crippen molar-refractivity contribution < 1.29 is 14.3 Å². The summed E-state index contributed by atoms with van der Waals surface area (Å²) in [5, 5.41) is 1.15. The van der Waals surface area contributed by atoms with E-state index in [1.807, 2.05) is 48.4 Å². The molecule has 0 radical (unpaired) electrons. The second kappa shape index (κ2) is 9.81. The first-order chi connectivity index (χ1) is 16.6. The summed E-state index contributed by atoms with van der Waals surface area (Å²) in [6, 6.07) is 17.9. The highest BCUT2D eigenvalue weighted by Gasteiger charge is 2.38. The molecule has 0 spiro atoms. The Bertz CT molecular complexity index is 1180. The predicted octanol–water partition coefficient (Wildman–Crippen LogP) is 3.33. The maximum absolute atomic E-state index is 13.3. The number of ether oxygens (including phenoxy) is 1. The number of pyridine rings is 1. The number of benzene rings is 2. The Morgan fingerprint density at radius 2 is 1.82 bits per heavy atom. The molecule has 1 aromatic heterocycles. The van der Waals surface area contributed by atoms with Gasteiger partial charge in [0.25, 0.3) is 0 Å². The molecule has 3 aromatic rings. The molecule has 2 saturated heterocycles. The van der Waals surface area contributed by atoms with Crippen LogP contribution < -0.4 is 9.64 Å². The van der Waals surface area contributed by atoms with Gasteiger partial charge in [-0.25, -0.2) is 0 Å². The van der Waals surface area contributed by atoms with Crippen molar-refractivity contribution in [1.29, 1.82) is 0 Å². The molecular formula is C27H30N4O3. The van der Waals surface area contributed by atoms with Gasteiger partial charge >= 0.3 is 0 Å². The van der Waals surface area contributed by atoms with E-state index in [-0.39, 0.29) is 24.2 Å². The molecule has 2 aliphatic rings. The number of para-hydroxylation sites is 3. The third-order valence-corrected chi connectivity index (χ3v) is 6.72. The van der Waals surface area contributed by atoms with Gasteiger partial charge in [0, 0.05) is 57.3 Å². The van der Waals surface area contributed by atoms with Crippen molar-refractivity contribution >= 4 is 28.4 Å². The van der Waals surface area contributed by atoms with Crippen LogP contribution >= 0.6 is 0 Å². The van der Waals surface area contributed by atoms with Crippen LogP contribution in [-0.4, -0.2) is 65.9 Å². The zero-order valence-electron chi connectivity index (χ0n) is 19.5. The molecule has 0 saturated carbocycles. The minimum atomic E-state index is -0.309. The number of carbonyl (C=O) groups excluding carboxylic acids is 2. The van der Waals surface area contributed by atoms with Gasteiger partial charge in [0.2, 0.25) is 11.8 Å². The van der Waals surface area contributed by atoms with E-state index in [0.717, 1.165) is 36.2 Å². The highest BCUT2D eigenvalue weighted by molar-refractivity contribution is 6.01. The van der Waals surface area contributed by atoms with Crippen molar-refractivity contribution in [3.05, 3.63) is 66.4 Å². The van der Waals surface area contributed by atoms with Crippen LogP contribution in [-0.2, 0) is 16.1 Å². The molecule has 2 fully saturated rings. The highest BCUT2D eigenvalue weighted by Crippen LogP contribution is 2.33. The molecule has 7 heteroatoms. The Morgan fingerprint density at radius 1 is 1.03 bits per heavy atom. The average molecular weight is 459 g/mol. The van der Waals surface area contributed by atoms with E-state index in [2.05, 4.69) is 34.1 Å². The SMILES string of the molecule is CCOc1ccccc1N1CC(C(=O)N2CCN(Cc3cccc4cccnc34)CC2)CC1=O. The number of hydrogen-bond donors (Lipinski definition) is 0. The average Bonchev–Trinajstić information content (AvgIpc) is 3.26. The number of piperazine rings is 1. The Balaban J connectivity index is 1.20. The third-order valence-electron chi connectivity index (χ3n) is 6.72. The number of anilines is 1. The molecule has 34 heavy (non-hydrogen) atoms. The van der Waals surface area contributed by atoms with Crippen molar-refractivity contribution in [2.24, 2.45) is 5.92 Å². The van der Waals surface area contributed by atoms with Crippen LogP contribution in [0.25, 0.3) is 10.9 Å². The highest BCUT2D eigenvalue weighted by atomic mass is 16.5. The van der Waals surface area contributed by atoms with Gasteiger partial charge in [-0.1, -0.05) is 36.4 Å². The van der Waals surface area contributed by atoms with Gasteiger partial charge in [-0.15, -0.1) is 0 Å². The number of nitrogens with zero attached hydrogens (tertiary/aromatic N) is 4. The number of rotatable bonds is 6. The second-order valence-corrected chi connectivity index (χ2v) is 8.90. The second-order valence-electron chi connectivity index (χ2n) is 8.90. The molecule has 0 N–H and O–H groups in total. The van der Waals surface area contributed by atoms with Crippen molar-refractivity contribution in [2.75, 3.05) is 44.2 Å².